The molecule has 1 unspecified atom stereocenters. The summed E-state index contributed by atoms with van der Waals surface area (Å²) in [7, 11) is 1.59. The highest BCUT2D eigenvalue weighted by Crippen LogP contribution is 2.45. The molecule has 0 spiro atoms. The summed E-state index contributed by atoms with van der Waals surface area (Å²) in [5.41, 5.74) is 0.811. The lowest BCUT2D eigenvalue weighted by atomic mass is 10.0. The number of hydrogen-bond acceptors (Lipinski definition) is 4. The maximum absolute atomic E-state index is 14.7. The zero-order chi connectivity index (χ0) is 19.7. The fraction of sp³-hybridized carbons (Fsp3) is 0.650. The van der Waals surface area contributed by atoms with Gasteiger partial charge in [0.15, 0.2) is 11.2 Å². The van der Waals surface area contributed by atoms with Crippen LogP contribution in [0.2, 0.25) is 0 Å². The maximum atomic E-state index is 14.7. The van der Waals surface area contributed by atoms with Crippen molar-refractivity contribution in [2.45, 2.75) is 50.5 Å². The number of hydrogen-bond donors (Lipinski definition) is 1. The summed E-state index contributed by atoms with van der Waals surface area (Å²) >= 11 is -1.70. The SMILES string of the molecule is COC1CN(S(=O)NC(=O)c2cc(C3CC3)c(OCC3CCCC3)cc2F)C1. The average Bonchev–Trinajstić information content (AvgIpc) is 3.34. The molecular formula is C20H27FN2O4S. The Morgan fingerprint density at radius 3 is 2.61 bits per heavy atom. The third-order valence-electron chi connectivity index (χ3n) is 5.87. The van der Waals surface area contributed by atoms with Gasteiger partial charge in [-0.15, -0.1) is 0 Å². The van der Waals surface area contributed by atoms with Gasteiger partial charge in [0, 0.05) is 26.3 Å². The minimum absolute atomic E-state index is 0.0235. The predicted molar refractivity (Wildman–Crippen MR) is 104 cm³/mol. The first-order valence-electron chi connectivity index (χ1n) is 10.0. The molecule has 0 aromatic heterocycles. The summed E-state index contributed by atoms with van der Waals surface area (Å²) < 4.78 is 41.9. The number of nitrogens with one attached hydrogen (secondary N) is 1. The van der Waals surface area contributed by atoms with Crippen LogP contribution in [0.1, 0.15) is 60.4 Å². The second kappa shape index (κ2) is 8.47. The monoisotopic (exact) mass is 410 g/mol. The highest BCUT2D eigenvalue weighted by atomic mass is 32.2. The van der Waals surface area contributed by atoms with Crippen molar-refractivity contribution in [1.29, 1.82) is 0 Å². The van der Waals surface area contributed by atoms with E-state index in [-0.39, 0.29) is 11.7 Å². The number of nitrogens with zero attached hydrogens (tertiary/aromatic N) is 1. The second-order valence-electron chi connectivity index (χ2n) is 7.99. The topological polar surface area (TPSA) is 67.9 Å². The van der Waals surface area contributed by atoms with E-state index in [1.165, 1.54) is 18.9 Å². The number of benzene rings is 1. The Balaban J connectivity index is 1.44. The van der Waals surface area contributed by atoms with Crippen LogP contribution in [-0.4, -0.2) is 47.3 Å². The summed E-state index contributed by atoms with van der Waals surface area (Å²) in [5, 5.41) is 0. The molecule has 1 saturated heterocycles. The molecule has 28 heavy (non-hydrogen) atoms. The van der Waals surface area contributed by atoms with Crippen LogP contribution in [0.5, 0.6) is 5.75 Å². The molecular weight excluding hydrogens is 383 g/mol. The van der Waals surface area contributed by atoms with Gasteiger partial charge in [-0.3, -0.25) is 9.52 Å². The number of rotatable bonds is 8. The molecule has 1 aliphatic heterocycles. The van der Waals surface area contributed by atoms with E-state index in [0.717, 1.165) is 31.2 Å². The van der Waals surface area contributed by atoms with Crippen LogP contribution < -0.4 is 9.46 Å². The number of methoxy groups -OCH3 is 1. The van der Waals surface area contributed by atoms with Gasteiger partial charge in [-0.25, -0.2) is 12.9 Å². The van der Waals surface area contributed by atoms with Crippen molar-refractivity contribution < 1.29 is 22.9 Å². The Hall–Kier alpha value is -1.51. The number of carbonyl (C=O) groups excluding carboxylic acids is 1. The van der Waals surface area contributed by atoms with Crippen molar-refractivity contribution >= 4 is 17.1 Å². The molecule has 8 heteroatoms. The highest BCUT2D eigenvalue weighted by Gasteiger charge is 2.33. The van der Waals surface area contributed by atoms with E-state index in [1.54, 1.807) is 17.5 Å². The third-order valence-corrected chi connectivity index (χ3v) is 7.00. The number of ether oxygens (including phenoxy) is 2. The van der Waals surface area contributed by atoms with E-state index in [4.69, 9.17) is 9.47 Å². The van der Waals surface area contributed by atoms with E-state index >= 15 is 0 Å². The molecule has 4 rings (SSSR count). The van der Waals surface area contributed by atoms with Crippen molar-refractivity contribution in [3.8, 4) is 5.75 Å². The van der Waals surface area contributed by atoms with E-state index in [9.17, 15) is 13.4 Å². The number of carbonyl (C=O) groups is 1. The largest absolute Gasteiger partial charge is 0.493 e. The van der Waals surface area contributed by atoms with Gasteiger partial charge in [-0.1, -0.05) is 12.8 Å². The lowest BCUT2D eigenvalue weighted by Gasteiger charge is -2.36. The molecule has 1 N–H and O–H groups in total. The summed E-state index contributed by atoms with van der Waals surface area (Å²) in [6.07, 6.45) is 6.85. The molecule has 2 aliphatic carbocycles. The Morgan fingerprint density at radius 1 is 1.25 bits per heavy atom. The molecule has 0 bridgehead atoms. The van der Waals surface area contributed by atoms with Crippen LogP contribution in [0, 0.1) is 11.7 Å². The van der Waals surface area contributed by atoms with E-state index < -0.39 is 22.9 Å². The van der Waals surface area contributed by atoms with Crippen molar-refractivity contribution in [3.05, 3.63) is 29.1 Å². The molecule has 154 valence electrons. The first kappa shape index (κ1) is 19.8. The van der Waals surface area contributed by atoms with Crippen LogP contribution >= 0.6 is 0 Å². The van der Waals surface area contributed by atoms with Gasteiger partial charge in [-0.2, -0.15) is 0 Å². The molecule has 1 heterocycles. The van der Waals surface area contributed by atoms with E-state index in [1.807, 2.05) is 0 Å². The van der Waals surface area contributed by atoms with Crippen molar-refractivity contribution in [2.75, 3.05) is 26.8 Å². The number of halogens is 1. The quantitative estimate of drug-likeness (QED) is 0.716. The summed E-state index contributed by atoms with van der Waals surface area (Å²) in [6.45, 7) is 1.56. The van der Waals surface area contributed by atoms with Gasteiger partial charge in [0.1, 0.15) is 11.6 Å². The summed E-state index contributed by atoms with van der Waals surface area (Å²) in [6, 6.07) is 2.91. The van der Waals surface area contributed by atoms with E-state index in [2.05, 4.69) is 4.72 Å². The molecule has 3 aliphatic rings. The molecule has 1 aromatic carbocycles. The Kier molecular flexibility index (Phi) is 5.99. The Bertz CT molecular complexity index is 759. The van der Waals surface area contributed by atoms with Crippen molar-refractivity contribution in [3.63, 3.8) is 0 Å². The molecule has 6 nitrogen and oxygen atoms in total. The first-order valence-corrected chi connectivity index (χ1v) is 11.1. The fourth-order valence-electron chi connectivity index (χ4n) is 3.85. The zero-order valence-corrected chi connectivity index (χ0v) is 16.9. The van der Waals surface area contributed by atoms with Gasteiger partial charge in [-0.05, 0) is 49.1 Å². The van der Waals surface area contributed by atoms with Crippen LogP contribution in [0.4, 0.5) is 4.39 Å². The van der Waals surface area contributed by atoms with Gasteiger partial charge < -0.3 is 9.47 Å². The molecule has 3 fully saturated rings. The predicted octanol–water partition coefficient (Wildman–Crippen LogP) is 2.91. The maximum Gasteiger partial charge on any atom is 0.266 e. The highest BCUT2D eigenvalue weighted by molar-refractivity contribution is 7.81. The second-order valence-corrected chi connectivity index (χ2v) is 9.21. The molecule has 1 amide bonds. The van der Waals surface area contributed by atoms with Gasteiger partial charge in [0.05, 0.1) is 18.3 Å². The number of amides is 1. The molecule has 0 radical (unpaired) electrons. The molecule has 1 aromatic rings. The van der Waals surface area contributed by atoms with Crippen LogP contribution in [0.3, 0.4) is 0 Å². The van der Waals surface area contributed by atoms with Gasteiger partial charge in [0.25, 0.3) is 5.91 Å². The third kappa shape index (κ3) is 4.39. The summed E-state index contributed by atoms with van der Waals surface area (Å²) in [4.78, 5) is 12.5. The lowest BCUT2D eigenvalue weighted by Crippen LogP contribution is -2.55. The fourth-order valence-corrected chi connectivity index (χ4v) is 4.85. The minimum Gasteiger partial charge on any atom is -0.493 e. The average molecular weight is 411 g/mol. The minimum atomic E-state index is -1.70. The zero-order valence-electron chi connectivity index (χ0n) is 16.1. The Labute approximate surface area is 167 Å². The van der Waals surface area contributed by atoms with Crippen molar-refractivity contribution in [2.24, 2.45) is 5.92 Å². The van der Waals surface area contributed by atoms with Crippen LogP contribution in [-0.2, 0) is 15.9 Å². The van der Waals surface area contributed by atoms with Gasteiger partial charge >= 0.3 is 0 Å². The standard InChI is InChI=1S/C20H27FN2O4S/c1-26-15-10-23(11-15)28(25)22-20(24)17-8-16(14-6-7-14)19(9-18(17)21)27-12-13-4-2-3-5-13/h8-9,13-15H,2-7,10-12H2,1H3,(H,22,24). The lowest BCUT2D eigenvalue weighted by molar-refractivity contribution is 0.0144. The van der Waals surface area contributed by atoms with Gasteiger partial charge in [0.2, 0.25) is 0 Å². The first-order chi connectivity index (χ1) is 13.5. The Morgan fingerprint density at radius 2 is 1.96 bits per heavy atom. The van der Waals surface area contributed by atoms with E-state index in [0.29, 0.717) is 37.3 Å². The van der Waals surface area contributed by atoms with Crippen molar-refractivity contribution in [1.82, 2.24) is 9.03 Å². The molecule has 2 saturated carbocycles. The van der Waals surface area contributed by atoms with Crippen LogP contribution in [0.25, 0.3) is 0 Å². The molecule has 1 atom stereocenters. The smallest absolute Gasteiger partial charge is 0.266 e. The summed E-state index contributed by atoms with van der Waals surface area (Å²) in [5.74, 6) is 0.0944. The van der Waals surface area contributed by atoms with Crippen LogP contribution in [0.15, 0.2) is 12.1 Å². The normalized spacial score (nSPS) is 22.1.